The van der Waals surface area contributed by atoms with E-state index >= 15 is 0 Å². The Morgan fingerprint density at radius 3 is 2.77 bits per heavy atom. The topological polar surface area (TPSA) is 30.9 Å². The van der Waals surface area contributed by atoms with Crippen molar-refractivity contribution in [3.8, 4) is 0 Å². The van der Waals surface area contributed by atoms with E-state index in [0.29, 0.717) is 6.54 Å². The number of nitrogens with zero attached hydrogens (tertiary/aromatic N) is 1. The predicted molar refractivity (Wildman–Crippen MR) is 56.4 cm³/mol. The second-order valence-electron chi connectivity index (χ2n) is 4.00. The quantitative estimate of drug-likeness (QED) is 0.741. The molecule has 0 fully saturated rings. The third kappa shape index (κ3) is 3.64. The van der Waals surface area contributed by atoms with Gasteiger partial charge in [-0.25, -0.2) is 0 Å². The Bertz CT molecular complexity index is 238. The fourth-order valence-electron chi connectivity index (χ4n) is 1.43. The van der Waals surface area contributed by atoms with Crippen LogP contribution in [-0.2, 0) is 13.1 Å². The SMILES string of the molecule is CC(C)CCCn1ccc(CN)c1. The molecule has 2 N–H and O–H groups in total. The summed E-state index contributed by atoms with van der Waals surface area (Å²) in [5.41, 5.74) is 6.75. The smallest absolute Gasteiger partial charge is 0.0219 e. The summed E-state index contributed by atoms with van der Waals surface area (Å²) in [5, 5.41) is 0. The molecule has 0 aliphatic carbocycles. The van der Waals surface area contributed by atoms with Gasteiger partial charge in [-0.2, -0.15) is 0 Å². The molecule has 0 aliphatic rings. The summed E-state index contributed by atoms with van der Waals surface area (Å²) in [5.74, 6) is 0.810. The molecule has 2 nitrogen and oxygen atoms in total. The van der Waals surface area contributed by atoms with Gasteiger partial charge >= 0.3 is 0 Å². The van der Waals surface area contributed by atoms with Crippen LogP contribution in [0.5, 0.6) is 0 Å². The van der Waals surface area contributed by atoms with Crippen molar-refractivity contribution in [2.45, 2.75) is 39.8 Å². The highest BCUT2D eigenvalue weighted by Crippen LogP contribution is 2.07. The van der Waals surface area contributed by atoms with E-state index in [1.54, 1.807) is 0 Å². The van der Waals surface area contributed by atoms with Crippen molar-refractivity contribution in [2.75, 3.05) is 0 Å². The molecule has 0 radical (unpaired) electrons. The minimum absolute atomic E-state index is 0.650. The molecule has 1 aromatic heterocycles. The fourth-order valence-corrected chi connectivity index (χ4v) is 1.43. The summed E-state index contributed by atoms with van der Waals surface area (Å²) in [6, 6.07) is 2.09. The molecule has 13 heavy (non-hydrogen) atoms. The Hall–Kier alpha value is -0.760. The van der Waals surface area contributed by atoms with Gasteiger partial charge in [0, 0.05) is 25.5 Å². The number of aryl methyl sites for hydroxylation is 1. The van der Waals surface area contributed by atoms with Crippen LogP contribution in [0.4, 0.5) is 0 Å². The second kappa shape index (κ2) is 5.07. The van der Waals surface area contributed by atoms with Gasteiger partial charge in [-0.1, -0.05) is 13.8 Å². The van der Waals surface area contributed by atoms with E-state index < -0.39 is 0 Å². The third-order valence-electron chi connectivity index (χ3n) is 2.25. The molecule has 1 heterocycles. The summed E-state index contributed by atoms with van der Waals surface area (Å²) in [4.78, 5) is 0. The third-order valence-corrected chi connectivity index (χ3v) is 2.25. The maximum Gasteiger partial charge on any atom is 0.0219 e. The van der Waals surface area contributed by atoms with E-state index in [1.165, 1.54) is 18.4 Å². The predicted octanol–water partition coefficient (Wildman–Crippen LogP) is 2.38. The summed E-state index contributed by atoms with van der Waals surface area (Å²) in [6.45, 7) is 6.30. The first kappa shape index (κ1) is 10.3. The van der Waals surface area contributed by atoms with E-state index in [2.05, 4.69) is 36.9 Å². The first-order chi connectivity index (χ1) is 6.22. The summed E-state index contributed by atoms with van der Waals surface area (Å²) in [7, 11) is 0. The molecule has 2 heteroatoms. The largest absolute Gasteiger partial charge is 0.354 e. The average Bonchev–Trinajstić information content (AvgIpc) is 2.52. The zero-order valence-electron chi connectivity index (χ0n) is 8.66. The summed E-state index contributed by atoms with van der Waals surface area (Å²) >= 11 is 0. The van der Waals surface area contributed by atoms with Crippen LogP contribution < -0.4 is 5.73 Å². The number of aromatic nitrogens is 1. The van der Waals surface area contributed by atoms with Crippen molar-refractivity contribution in [3.63, 3.8) is 0 Å². The minimum Gasteiger partial charge on any atom is -0.354 e. The number of rotatable bonds is 5. The van der Waals surface area contributed by atoms with Gasteiger partial charge < -0.3 is 10.3 Å². The molecule has 0 amide bonds. The van der Waals surface area contributed by atoms with Crippen molar-refractivity contribution in [3.05, 3.63) is 24.0 Å². The van der Waals surface area contributed by atoms with E-state index in [4.69, 9.17) is 5.73 Å². The first-order valence-corrected chi connectivity index (χ1v) is 5.07. The molecule has 0 aliphatic heterocycles. The van der Waals surface area contributed by atoms with Gasteiger partial charge in [-0.15, -0.1) is 0 Å². The average molecular weight is 180 g/mol. The van der Waals surface area contributed by atoms with Gasteiger partial charge in [0.25, 0.3) is 0 Å². The molecule has 1 rings (SSSR count). The Balaban J connectivity index is 2.28. The lowest BCUT2D eigenvalue weighted by Gasteiger charge is -2.05. The monoisotopic (exact) mass is 180 g/mol. The molecule has 0 saturated heterocycles. The first-order valence-electron chi connectivity index (χ1n) is 5.07. The van der Waals surface area contributed by atoms with Crippen molar-refractivity contribution in [2.24, 2.45) is 11.7 Å². The van der Waals surface area contributed by atoms with E-state index in [9.17, 15) is 0 Å². The van der Waals surface area contributed by atoms with Crippen LogP contribution >= 0.6 is 0 Å². The van der Waals surface area contributed by atoms with Gasteiger partial charge in [0.05, 0.1) is 0 Å². The van der Waals surface area contributed by atoms with Gasteiger partial charge in [-0.05, 0) is 30.4 Å². The zero-order valence-corrected chi connectivity index (χ0v) is 8.66. The Kier molecular flexibility index (Phi) is 4.03. The lowest BCUT2D eigenvalue weighted by molar-refractivity contribution is 0.512. The molecule has 0 atom stereocenters. The van der Waals surface area contributed by atoms with Crippen LogP contribution in [0.3, 0.4) is 0 Å². The lowest BCUT2D eigenvalue weighted by Crippen LogP contribution is -1.98. The maximum absolute atomic E-state index is 5.53. The van der Waals surface area contributed by atoms with Crippen molar-refractivity contribution >= 4 is 0 Å². The van der Waals surface area contributed by atoms with Crippen LogP contribution in [-0.4, -0.2) is 4.57 Å². The summed E-state index contributed by atoms with van der Waals surface area (Å²) in [6.07, 6.45) is 6.81. The fraction of sp³-hybridized carbons (Fsp3) is 0.636. The zero-order chi connectivity index (χ0) is 9.68. The summed E-state index contributed by atoms with van der Waals surface area (Å²) < 4.78 is 2.23. The Morgan fingerprint density at radius 2 is 2.23 bits per heavy atom. The Morgan fingerprint density at radius 1 is 1.46 bits per heavy atom. The van der Waals surface area contributed by atoms with Crippen LogP contribution in [0.2, 0.25) is 0 Å². The highest BCUT2D eigenvalue weighted by Gasteiger charge is 1.96. The number of nitrogens with two attached hydrogens (primary N) is 1. The molecule has 1 aromatic rings. The number of hydrogen-bond donors (Lipinski definition) is 1. The van der Waals surface area contributed by atoms with Crippen molar-refractivity contribution < 1.29 is 0 Å². The molecular weight excluding hydrogens is 160 g/mol. The minimum atomic E-state index is 0.650. The van der Waals surface area contributed by atoms with Gasteiger partial charge in [0.2, 0.25) is 0 Å². The van der Waals surface area contributed by atoms with E-state index in [1.807, 2.05) is 0 Å². The van der Waals surface area contributed by atoms with Crippen molar-refractivity contribution in [1.29, 1.82) is 0 Å². The maximum atomic E-state index is 5.53. The second-order valence-corrected chi connectivity index (χ2v) is 4.00. The molecule has 0 unspecified atom stereocenters. The van der Waals surface area contributed by atoms with Crippen molar-refractivity contribution in [1.82, 2.24) is 4.57 Å². The molecule has 74 valence electrons. The number of hydrogen-bond acceptors (Lipinski definition) is 1. The van der Waals surface area contributed by atoms with E-state index in [0.717, 1.165) is 12.5 Å². The molecular formula is C11H20N2. The van der Waals surface area contributed by atoms with Gasteiger partial charge in [-0.3, -0.25) is 0 Å². The molecule has 0 bridgehead atoms. The Labute approximate surface area is 80.7 Å². The van der Waals surface area contributed by atoms with E-state index in [-0.39, 0.29) is 0 Å². The van der Waals surface area contributed by atoms with Crippen LogP contribution in [0, 0.1) is 5.92 Å². The molecule has 0 aromatic carbocycles. The molecule has 0 spiro atoms. The molecule has 0 saturated carbocycles. The van der Waals surface area contributed by atoms with Crippen LogP contribution in [0.15, 0.2) is 18.5 Å². The highest BCUT2D eigenvalue weighted by molar-refractivity contribution is 5.09. The lowest BCUT2D eigenvalue weighted by atomic mass is 10.1. The highest BCUT2D eigenvalue weighted by atomic mass is 14.9. The normalized spacial score (nSPS) is 11.1. The van der Waals surface area contributed by atoms with Crippen LogP contribution in [0.1, 0.15) is 32.3 Å². The van der Waals surface area contributed by atoms with Gasteiger partial charge in [0.1, 0.15) is 0 Å². The van der Waals surface area contributed by atoms with Crippen LogP contribution in [0.25, 0.3) is 0 Å². The van der Waals surface area contributed by atoms with Gasteiger partial charge in [0.15, 0.2) is 0 Å². The standard InChI is InChI=1S/C11H20N2/c1-10(2)4-3-6-13-7-5-11(8-12)9-13/h5,7,9-10H,3-4,6,8,12H2,1-2H3.